The predicted octanol–water partition coefficient (Wildman–Crippen LogP) is 1.35. The summed E-state index contributed by atoms with van der Waals surface area (Å²) in [6.45, 7) is 0. The number of nitrogens with zero attached hydrogens (tertiary/aromatic N) is 2. The van der Waals surface area contributed by atoms with E-state index in [1.807, 2.05) is 18.5 Å². The molecule has 0 saturated carbocycles. The van der Waals surface area contributed by atoms with Gasteiger partial charge in [-0.25, -0.2) is 0 Å². The van der Waals surface area contributed by atoms with E-state index in [9.17, 15) is 0 Å². The maximum atomic E-state index is 4.26. The second-order valence-corrected chi connectivity index (χ2v) is 2.30. The lowest BCUT2D eigenvalue weighted by molar-refractivity contribution is 0.905. The van der Waals surface area contributed by atoms with Gasteiger partial charge in [-0.1, -0.05) is 12.2 Å². The predicted molar refractivity (Wildman–Crippen MR) is 42.6 cm³/mol. The van der Waals surface area contributed by atoms with Crippen LogP contribution in [-0.4, -0.2) is 18.5 Å². The molecule has 50 valence electrons. The summed E-state index contributed by atoms with van der Waals surface area (Å²) in [5.41, 5.74) is 1.09. The van der Waals surface area contributed by atoms with Crippen LogP contribution < -0.4 is 0 Å². The molecule has 0 aromatic rings. The molecule has 0 saturated heterocycles. The van der Waals surface area contributed by atoms with E-state index in [4.69, 9.17) is 0 Å². The lowest BCUT2D eigenvalue weighted by atomic mass is 10.1. The van der Waals surface area contributed by atoms with Crippen molar-refractivity contribution in [2.24, 2.45) is 9.98 Å². The van der Waals surface area contributed by atoms with Crippen LogP contribution in [0.1, 0.15) is 6.42 Å². The molecule has 0 bridgehead atoms. The molecule has 2 heterocycles. The summed E-state index contributed by atoms with van der Waals surface area (Å²) >= 11 is 0. The first-order chi connectivity index (χ1) is 4.97. The first-order valence-corrected chi connectivity index (χ1v) is 3.39. The van der Waals surface area contributed by atoms with Crippen molar-refractivity contribution >= 4 is 12.4 Å². The van der Waals surface area contributed by atoms with Gasteiger partial charge in [0, 0.05) is 18.9 Å². The van der Waals surface area contributed by atoms with Gasteiger partial charge in [-0.05, 0) is 6.08 Å². The summed E-state index contributed by atoms with van der Waals surface area (Å²) in [6.07, 6.45) is 10.8. The Morgan fingerprint density at radius 3 is 3.40 bits per heavy atom. The lowest BCUT2D eigenvalue weighted by Gasteiger charge is -2.13. The largest absolute Gasteiger partial charge is 0.283 e. The number of hydrogen-bond donors (Lipinski definition) is 0. The van der Waals surface area contributed by atoms with E-state index in [1.165, 1.54) is 0 Å². The molecule has 0 fully saturated rings. The highest BCUT2D eigenvalue weighted by Crippen LogP contribution is 2.16. The minimum Gasteiger partial charge on any atom is -0.283 e. The smallest absolute Gasteiger partial charge is 0.110 e. The fourth-order valence-corrected chi connectivity index (χ4v) is 1.11. The molecule has 2 nitrogen and oxygen atoms in total. The molecule has 0 spiro atoms. The van der Waals surface area contributed by atoms with Crippen LogP contribution in [0, 0.1) is 0 Å². The van der Waals surface area contributed by atoms with Crippen LogP contribution in [0.3, 0.4) is 0 Å². The van der Waals surface area contributed by atoms with Crippen LogP contribution in [0.25, 0.3) is 0 Å². The monoisotopic (exact) mass is 132 g/mol. The van der Waals surface area contributed by atoms with Gasteiger partial charge in [-0.15, -0.1) is 0 Å². The average molecular weight is 132 g/mol. The molecule has 0 radical (unpaired) electrons. The quantitative estimate of drug-likeness (QED) is 0.475. The molecule has 0 N–H and O–H groups in total. The van der Waals surface area contributed by atoms with Gasteiger partial charge in [0.15, 0.2) is 0 Å². The third-order valence-corrected chi connectivity index (χ3v) is 1.60. The zero-order valence-corrected chi connectivity index (χ0v) is 5.57. The SMILES string of the molecule is C1=CC2N=CCC=C2N=C1. The Balaban J connectivity index is 2.33. The number of allylic oxidation sites excluding steroid dienone is 2. The molecule has 0 aliphatic carbocycles. The van der Waals surface area contributed by atoms with Crippen LogP contribution >= 0.6 is 0 Å². The molecule has 2 rings (SSSR count). The Hall–Kier alpha value is -1.18. The van der Waals surface area contributed by atoms with Crippen molar-refractivity contribution < 1.29 is 0 Å². The van der Waals surface area contributed by atoms with Crippen molar-refractivity contribution in [2.45, 2.75) is 12.5 Å². The molecule has 2 aliphatic heterocycles. The van der Waals surface area contributed by atoms with E-state index < -0.39 is 0 Å². The minimum atomic E-state index is 0.207. The second-order valence-electron chi connectivity index (χ2n) is 2.30. The third kappa shape index (κ3) is 0.817. The van der Waals surface area contributed by atoms with Gasteiger partial charge in [-0.3, -0.25) is 9.98 Å². The Labute approximate surface area is 59.7 Å². The maximum Gasteiger partial charge on any atom is 0.110 e. The van der Waals surface area contributed by atoms with Gasteiger partial charge in [0.2, 0.25) is 0 Å². The summed E-state index contributed by atoms with van der Waals surface area (Å²) < 4.78 is 0. The average Bonchev–Trinajstić information content (AvgIpc) is 2.05. The van der Waals surface area contributed by atoms with E-state index in [-0.39, 0.29) is 6.04 Å². The Kier molecular flexibility index (Phi) is 1.24. The van der Waals surface area contributed by atoms with Gasteiger partial charge < -0.3 is 0 Å². The van der Waals surface area contributed by atoms with Crippen molar-refractivity contribution in [3.8, 4) is 0 Å². The standard InChI is InChI=1S/C8H8N2/c1-3-7-8(9-5-1)4-2-6-10-7/h1,3-7H,2H2. The minimum absolute atomic E-state index is 0.207. The molecular formula is C8H8N2. The summed E-state index contributed by atoms with van der Waals surface area (Å²) in [7, 11) is 0. The van der Waals surface area contributed by atoms with Crippen LogP contribution in [0.2, 0.25) is 0 Å². The number of rotatable bonds is 0. The first-order valence-electron chi connectivity index (χ1n) is 3.39. The maximum absolute atomic E-state index is 4.26. The summed E-state index contributed by atoms with van der Waals surface area (Å²) in [5, 5.41) is 0. The first kappa shape index (κ1) is 5.59. The molecule has 0 amide bonds. The number of aliphatic imine (C=N–C) groups is 2. The number of dihydropyridines is 2. The van der Waals surface area contributed by atoms with Crippen LogP contribution in [0.5, 0.6) is 0 Å². The molecule has 0 aromatic heterocycles. The van der Waals surface area contributed by atoms with Gasteiger partial charge in [-0.2, -0.15) is 0 Å². The van der Waals surface area contributed by atoms with E-state index in [0.29, 0.717) is 0 Å². The van der Waals surface area contributed by atoms with Crippen molar-refractivity contribution in [3.05, 3.63) is 23.9 Å². The van der Waals surface area contributed by atoms with Gasteiger partial charge in [0.05, 0.1) is 5.70 Å². The molecule has 2 aliphatic rings. The lowest BCUT2D eigenvalue weighted by Crippen LogP contribution is -2.09. The van der Waals surface area contributed by atoms with E-state index in [2.05, 4.69) is 22.1 Å². The zero-order valence-electron chi connectivity index (χ0n) is 5.57. The van der Waals surface area contributed by atoms with Gasteiger partial charge in [0.1, 0.15) is 6.04 Å². The van der Waals surface area contributed by atoms with Crippen LogP contribution in [-0.2, 0) is 0 Å². The highest BCUT2D eigenvalue weighted by Gasteiger charge is 2.11. The second kappa shape index (κ2) is 2.21. The van der Waals surface area contributed by atoms with Crippen molar-refractivity contribution in [3.63, 3.8) is 0 Å². The fraction of sp³-hybridized carbons (Fsp3) is 0.250. The zero-order chi connectivity index (χ0) is 6.81. The Morgan fingerprint density at radius 1 is 1.50 bits per heavy atom. The number of fused-ring (bicyclic) bond motifs is 1. The highest BCUT2D eigenvalue weighted by atomic mass is 14.9. The summed E-state index contributed by atoms with van der Waals surface area (Å²) in [4.78, 5) is 8.44. The molecule has 2 heteroatoms. The third-order valence-electron chi connectivity index (χ3n) is 1.60. The van der Waals surface area contributed by atoms with Crippen LogP contribution in [0.15, 0.2) is 33.9 Å². The summed E-state index contributed by atoms with van der Waals surface area (Å²) in [6, 6.07) is 0.207. The molecular weight excluding hydrogens is 124 g/mol. The van der Waals surface area contributed by atoms with Gasteiger partial charge in [0.25, 0.3) is 0 Å². The van der Waals surface area contributed by atoms with E-state index in [0.717, 1.165) is 12.1 Å². The fourth-order valence-electron chi connectivity index (χ4n) is 1.11. The van der Waals surface area contributed by atoms with E-state index >= 15 is 0 Å². The van der Waals surface area contributed by atoms with Crippen LogP contribution in [0.4, 0.5) is 0 Å². The molecule has 1 atom stereocenters. The topological polar surface area (TPSA) is 24.7 Å². The highest BCUT2D eigenvalue weighted by molar-refractivity contribution is 5.76. The van der Waals surface area contributed by atoms with Crippen molar-refractivity contribution in [2.75, 3.05) is 0 Å². The normalized spacial score (nSPS) is 28.0. The molecule has 10 heavy (non-hydrogen) atoms. The molecule has 0 aromatic carbocycles. The van der Waals surface area contributed by atoms with E-state index in [1.54, 1.807) is 0 Å². The summed E-state index contributed by atoms with van der Waals surface area (Å²) in [5.74, 6) is 0. The Bertz CT molecular complexity index is 246. The van der Waals surface area contributed by atoms with Crippen molar-refractivity contribution in [1.29, 1.82) is 0 Å². The van der Waals surface area contributed by atoms with Crippen molar-refractivity contribution in [1.82, 2.24) is 0 Å². The number of hydrogen-bond acceptors (Lipinski definition) is 2. The Morgan fingerprint density at radius 2 is 2.50 bits per heavy atom. The van der Waals surface area contributed by atoms with Gasteiger partial charge >= 0.3 is 0 Å². The molecule has 1 unspecified atom stereocenters.